The van der Waals surface area contributed by atoms with Gasteiger partial charge >= 0.3 is 0 Å². The van der Waals surface area contributed by atoms with E-state index in [9.17, 15) is 0 Å². The zero-order valence-corrected chi connectivity index (χ0v) is 8.97. The van der Waals surface area contributed by atoms with Crippen molar-refractivity contribution in [2.45, 2.75) is 25.4 Å². The molecule has 0 radical (unpaired) electrons. The molecule has 1 aromatic rings. The number of hydrogen-bond donors (Lipinski definition) is 1. The average molecular weight is 212 g/mol. The van der Waals surface area contributed by atoms with Gasteiger partial charge in [-0.3, -0.25) is 0 Å². The molecule has 14 heavy (non-hydrogen) atoms. The van der Waals surface area contributed by atoms with E-state index in [4.69, 9.17) is 16.3 Å². The molecular formula is C11H14ClNO. The molecule has 2 nitrogen and oxygen atoms in total. The molecule has 3 heteroatoms. The lowest BCUT2D eigenvalue weighted by Gasteiger charge is -2.06. The molecule has 0 aliphatic heterocycles. The molecule has 1 aliphatic carbocycles. The summed E-state index contributed by atoms with van der Waals surface area (Å²) in [7, 11) is 1.63. The molecule has 0 unspecified atom stereocenters. The second kappa shape index (κ2) is 4.20. The van der Waals surface area contributed by atoms with E-state index in [0.29, 0.717) is 5.02 Å². The zero-order valence-electron chi connectivity index (χ0n) is 8.22. The molecule has 1 aromatic carbocycles. The van der Waals surface area contributed by atoms with Gasteiger partial charge in [0.05, 0.1) is 12.1 Å². The fourth-order valence-electron chi connectivity index (χ4n) is 1.37. The number of halogens is 1. The van der Waals surface area contributed by atoms with Crippen molar-refractivity contribution in [1.82, 2.24) is 5.32 Å². The second-order valence-corrected chi connectivity index (χ2v) is 4.03. The molecule has 1 aliphatic rings. The summed E-state index contributed by atoms with van der Waals surface area (Å²) in [5, 5.41) is 4.12. The van der Waals surface area contributed by atoms with Gasteiger partial charge in [0.25, 0.3) is 0 Å². The third-order valence-electron chi connectivity index (χ3n) is 2.39. The Morgan fingerprint density at radius 1 is 1.50 bits per heavy atom. The van der Waals surface area contributed by atoms with Gasteiger partial charge in [-0.2, -0.15) is 0 Å². The Morgan fingerprint density at radius 3 is 2.86 bits per heavy atom. The van der Waals surface area contributed by atoms with E-state index in [1.807, 2.05) is 18.2 Å². The van der Waals surface area contributed by atoms with Gasteiger partial charge in [-0.05, 0) is 30.5 Å². The molecule has 1 fully saturated rings. The Labute approximate surface area is 89.2 Å². The van der Waals surface area contributed by atoms with Gasteiger partial charge in [-0.15, -0.1) is 0 Å². The van der Waals surface area contributed by atoms with E-state index in [-0.39, 0.29) is 0 Å². The monoisotopic (exact) mass is 211 g/mol. The lowest BCUT2D eigenvalue weighted by Crippen LogP contribution is -2.15. The van der Waals surface area contributed by atoms with Crippen molar-refractivity contribution in [3.05, 3.63) is 28.8 Å². The molecule has 0 saturated heterocycles. The molecule has 0 heterocycles. The Bertz CT molecular complexity index is 323. The summed E-state index contributed by atoms with van der Waals surface area (Å²) in [5.74, 6) is 0.738. The van der Waals surface area contributed by atoms with Crippen LogP contribution in [0.5, 0.6) is 5.75 Å². The highest BCUT2D eigenvalue weighted by molar-refractivity contribution is 6.32. The molecule has 2 rings (SSSR count). The number of hydrogen-bond acceptors (Lipinski definition) is 2. The first kappa shape index (κ1) is 9.81. The Kier molecular flexibility index (Phi) is 2.94. The maximum absolute atomic E-state index is 6.01. The van der Waals surface area contributed by atoms with E-state index in [0.717, 1.165) is 18.3 Å². The lowest BCUT2D eigenvalue weighted by molar-refractivity contribution is 0.415. The van der Waals surface area contributed by atoms with Crippen molar-refractivity contribution in [1.29, 1.82) is 0 Å². The highest BCUT2D eigenvalue weighted by atomic mass is 35.5. The summed E-state index contributed by atoms with van der Waals surface area (Å²) in [6, 6.07) is 6.64. The summed E-state index contributed by atoms with van der Waals surface area (Å²) in [6.45, 7) is 0.897. The van der Waals surface area contributed by atoms with Crippen molar-refractivity contribution in [2.75, 3.05) is 7.11 Å². The van der Waals surface area contributed by atoms with E-state index in [1.165, 1.54) is 18.4 Å². The number of methoxy groups -OCH3 is 1. The highest BCUT2D eigenvalue weighted by Gasteiger charge is 2.19. The van der Waals surface area contributed by atoms with E-state index in [1.54, 1.807) is 7.11 Å². The number of rotatable bonds is 4. The van der Waals surface area contributed by atoms with Crippen LogP contribution in [0.25, 0.3) is 0 Å². The Hall–Kier alpha value is -0.730. The normalized spacial score (nSPS) is 15.6. The third kappa shape index (κ3) is 2.40. The quantitative estimate of drug-likeness (QED) is 0.827. The molecule has 1 N–H and O–H groups in total. The molecule has 0 amide bonds. The predicted octanol–water partition coefficient (Wildman–Crippen LogP) is 2.60. The number of benzene rings is 1. The van der Waals surface area contributed by atoms with Gasteiger partial charge in [0.2, 0.25) is 0 Å². The SMILES string of the molecule is COc1ccc(CNC2CC2)cc1Cl. The maximum atomic E-state index is 6.01. The first-order chi connectivity index (χ1) is 6.79. The standard InChI is InChI=1S/C11H14ClNO/c1-14-11-5-2-8(6-10(11)12)7-13-9-3-4-9/h2,5-6,9,13H,3-4,7H2,1H3. The van der Waals surface area contributed by atoms with Gasteiger partial charge in [-0.25, -0.2) is 0 Å². The maximum Gasteiger partial charge on any atom is 0.137 e. The minimum absolute atomic E-state index is 0.683. The van der Waals surface area contributed by atoms with Crippen molar-refractivity contribution in [3.63, 3.8) is 0 Å². The van der Waals surface area contributed by atoms with Crippen LogP contribution < -0.4 is 10.1 Å². The first-order valence-electron chi connectivity index (χ1n) is 4.85. The third-order valence-corrected chi connectivity index (χ3v) is 2.68. The molecule has 76 valence electrons. The fourth-order valence-corrected chi connectivity index (χ4v) is 1.65. The summed E-state index contributed by atoms with van der Waals surface area (Å²) >= 11 is 6.01. The van der Waals surface area contributed by atoms with E-state index in [2.05, 4.69) is 5.32 Å². The summed E-state index contributed by atoms with van der Waals surface area (Å²) in [6.07, 6.45) is 2.62. The minimum Gasteiger partial charge on any atom is -0.495 e. The minimum atomic E-state index is 0.683. The lowest BCUT2D eigenvalue weighted by atomic mass is 10.2. The zero-order chi connectivity index (χ0) is 9.97. The Balaban J connectivity index is 1.99. The van der Waals surface area contributed by atoms with Crippen LogP contribution in [-0.4, -0.2) is 13.2 Å². The smallest absolute Gasteiger partial charge is 0.137 e. The number of ether oxygens (including phenoxy) is 1. The van der Waals surface area contributed by atoms with Crippen molar-refractivity contribution in [3.8, 4) is 5.75 Å². The van der Waals surface area contributed by atoms with Gasteiger partial charge in [0, 0.05) is 12.6 Å². The first-order valence-corrected chi connectivity index (χ1v) is 5.23. The van der Waals surface area contributed by atoms with E-state index < -0.39 is 0 Å². The van der Waals surface area contributed by atoms with Crippen LogP contribution in [0.4, 0.5) is 0 Å². The molecule has 0 spiro atoms. The molecule has 0 bridgehead atoms. The van der Waals surface area contributed by atoms with E-state index >= 15 is 0 Å². The van der Waals surface area contributed by atoms with Crippen molar-refractivity contribution >= 4 is 11.6 Å². The van der Waals surface area contributed by atoms with Crippen LogP contribution in [0.1, 0.15) is 18.4 Å². The largest absolute Gasteiger partial charge is 0.495 e. The predicted molar refractivity (Wildman–Crippen MR) is 57.9 cm³/mol. The second-order valence-electron chi connectivity index (χ2n) is 3.62. The van der Waals surface area contributed by atoms with Crippen LogP contribution in [0.15, 0.2) is 18.2 Å². The van der Waals surface area contributed by atoms with Crippen LogP contribution in [0.3, 0.4) is 0 Å². The van der Waals surface area contributed by atoms with Crippen LogP contribution in [0.2, 0.25) is 5.02 Å². The summed E-state index contributed by atoms with van der Waals surface area (Å²) in [4.78, 5) is 0. The highest BCUT2D eigenvalue weighted by Crippen LogP contribution is 2.25. The van der Waals surface area contributed by atoms with Gasteiger partial charge in [0.1, 0.15) is 5.75 Å². The van der Waals surface area contributed by atoms with Crippen LogP contribution in [0, 0.1) is 0 Å². The average Bonchev–Trinajstić information content (AvgIpc) is 2.98. The summed E-state index contributed by atoms with van der Waals surface area (Å²) < 4.78 is 5.09. The molecular weight excluding hydrogens is 198 g/mol. The van der Waals surface area contributed by atoms with Crippen molar-refractivity contribution in [2.24, 2.45) is 0 Å². The molecule has 0 aromatic heterocycles. The van der Waals surface area contributed by atoms with Gasteiger partial charge in [0.15, 0.2) is 0 Å². The van der Waals surface area contributed by atoms with Crippen molar-refractivity contribution < 1.29 is 4.74 Å². The number of nitrogens with one attached hydrogen (secondary N) is 1. The molecule has 1 saturated carbocycles. The van der Waals surface area contributed by atoms with Gasteiger partial charge in [-0.1, -0.05) is 17.7 Å². The Morgan fingerprint density at radius 2 is 2.29 bits per heavy atom. The van der Waals surface area contributed by atoms with Gasteiger partial charge < -0.3 is 10.1 Å². The summed E-state index contributed by atoms with van der Waals surface area (Å²) in [5.41, 5.74) is 1.21. The topological polar surface area (TPSA) is 21.3 Å². The van der Waals surface area contributed by atoms with Crippen LogP contribution >= 0.6 is 11.6 Å². The fraction of sp³-hybridized carbons (Fsp3) is 0.455. The molecule has 0 atom stereocenters. The van der Waals surface area contributed by atoms with Crippen LogP contribution in [-0.2, 0) is 6.54 Å².